The highest BCUT2D eigenvalue weighted by Crippen LogP contribution is 2.37. The minimum Gasteiger partial charge on any atom is -0.466 e. The summed E-state index contributed by atoms with van der Waals surface area (Å²) >= 11 is 6.71. The number of amides is 1. The summed E-state index contributed by atoms with van der Waals surface area (Å²) in [5.41, 5.74) is 0.949. The monoisotopic (exact) mass is 516 g/mol. The molecule has 2 aliphatic rings. The molecule has 3 heterocycles. The van der Waals surface area contributed by atoms with E-state index in [1.807, 2.05) is 6.92 Å². The Bertz CT molecular complexity index is 1140. The Morgan fingerprint density at radius 3 is 2.51 bits per heavy atom. The number of carbonyl (C=O) groups is 2. The third-order valence-electron chi connectivity index (χ3n) is 6.46. The molecular formula is C25H32N4O4S2. The summed E-state index contributed by atoms with van der Waals surface area (Å²) in [4.78, 5) is 42.7. The van der Waals surface area contributed by atoms with Gasteiger partial charge in [-0.3, -0.25) is 23.9 Å². The van der Waals surface area contributed by atoms with E-state index in [-0.39, 0.29) is 28.9 Å². The molecule has 0 aromatic carbocycles. The Hall–Kier alpha value is -2.64. The summed E-state index contributed by atoms with van der Waals surface area (Å²) in [6.07, 6.45) is 4.80. The number of nitriles is 1. The van der Waals surface area contributed by atoms with Crippen LogP contribution in [0.5, 0.6) is 0 Å². The number of thioether (sulfide) groups is 1. The van der Waals surface area contributed by atoms with Gasteiger partial charge in [0.2, 0.25) is 0 Å². The van der Waals surface area contributed by atoms with Crippen LogP contribution in [0.15, 0.2) is 9.70 Å². The van der Waals surface area contributed by atoms with Crippen molar-refractivity contribution in [2.45, 2.75) is 59.9 Å². The predicted molar refractivity (Wildman–Crippen MR) is 142 cm³/mol. The quantitative estimate of drug-likeness (QED) is 0.292. The van der Waals surface area contributed by atoms with E-state index in [0.29, 0.717) is 71.8 Å². The molecule has 3 rings (SSSR count). The Kier molecular flexibility index (Phi) is 9.14. The lowest BCUT2D eigenvalue weighted by Gasteiger charge is -2.35. The van der Waals surface area contributed by atoms with Crippen molar-refractivity contribution in [3.8, 4) is 6.07 Å². The first-order chi connectivity index (χ1) is 16.8. The zero-order chi connectivity index (χ0) is 25.7. The van der Waals surface area contributed by atoms with Crippen molar-refractivity contribution in [2.24, 2.45) is 5.92 Å². The lowest BCUT2D eigenvalue weighted by Crippen LogP contribution is -2.41. The van der Waals surface area contributed by atoms with Crippen LogP contribution in [0.2, 0.25) is 0 Å². The summed E-state index contributed by atoms with van der Waals surface area (Å²) in [5.74, 6) is 0.167. The van der Waals surface area contributed by atoms with Gasteiger partial charge < -0.3 is 9.64 Å². The molecule has 35 heavy (non-hydrogen) atoms. The van der Waals surface area contributed by atoms with Crippen LogP contribution in [-0.4, -0.2) is 51.9 Å². The fourth-order valence-corrected chi connectivity index (χ4v) is 5.80. The summed E-state index contributed by atoms with van der Waals surface area (Å²) < 4.78 is 7.31. The highest BCUT2D eigenvalue weighted by atomic mass is 32.2. The van der Waals surface area contributed by atoms with Crippen molar-refractivity contribution in [1.82, 2.24) is 9.47 Å². The van der Waals surface area contributed by atoms with Gasteiger partial charge in [0.1, 0.15) is 21.8 Å². The van der Waals surface area contributed by atoms with Gasteiger partial charge in [-0.1, -0.05) is 37.3 Å². The molecule has 1 amide bonds. The summed E-state index contributed by atoms with van der Waals surface area (Å²) in [5, 5.41) is 9.74. The lowest BCUT2D eigenvalue weighted by atomic mass is 9.95. The molecule has 0 unspecified atom stereocenters. The van der Waals surface area contributed by atoms with Gasteiger partial charge in [0.05, 0.1) is 17.4 Å². The van der Waals surface area contributed by atoms with Crippen LogP contribution in [0.1, 0.15) is 63.1 Å². The second-order valence-corrected chi connectivity index (χ2v) is 10.3. The molecule has 188 valence electrons. The number of thiocarbonyl (C=S) groups is 1. The van der Waals surface area contributed by atoms with Crippen LogP contribution in [0.3, 0.4) is 0 Å². The Balaban J connectivity index is 2.07. The fourth-order valence-electron chi connectivity index (χ4n) is 4.51. The van der Waals surface area contributed by atoms with Crippen LogP contribution in [0.4, 0.5) is 5.82 Å². The van der Waals surface area contributed by atoms with Crippen molar-refractivity contribution >= 4 is 52.1 Å². The van der Waals surface area contributed by atoms with Gasteiger partial charge in [-0.2, -0.15) is 5.26 Å². The van der Waals surface area contributed by atoms with E-state index >= 15 is 0 Å². The van der Waals surface area contributed by atoms with Crippen molar-refractivity contribution in [2.75, 3.05) is 31.1 Å². The summed E-state index contributed by atoms with van der Waals surface area (Å²) in [6, 6.07) is 2.06. The molecule has 0 atom stereocenters. The number of hydrogen-bond acceptors (Lipinski definition) is 8. The molecule has 0 spiro atoms. The van der Waals surface area contributed by atoms with Crippen molar-refractivity contribution in [3.63, 3.8) is 0 Å². The van der Waals surface area contributed by atoms with E-state index < -0.39 is 0 Å². The van der Waals surface area contributed by atoms with E-state index in [4.69, 9.17) is 17.0 Å². The van der Waals surface area contributed by atoms with Crippen LogP contribution < -0.4 is 10.5 Å². The molecule has 0 N–H and O–H groups in total. The minimum atomic E-state index is -0.345. The number of hydrogen-bond donors (Lipinski definition) is 0. The van der Waals surface area contributed by atoms with Crippen LogP contribution >= 0.6 is 24.0 Å². The molecule has 0 bridgehead atoms. The highest BCUT2D eigenvalue weighted by molar-refractivity contribution is 8.26. The average Bonchev–Trinajstić information content (AvgIpc) is 3.11. The van der Waals surface area contributed by atoms with E-state index in [2.05, 4.69) is 17.9 Å². The number of piperidine rings is 1. The van der Waals surface area contributed by atoms with Crippen LogP contribution in [-0.2, 0) is 20.9 Å². The molecule has 0 saturated carbocycles. The van der Waals surface area contributed by atoms with Gasteiger partial charge in [0, 0.05) is 31.7 Å². The van der Waals surface area contributed by atoms with E-state index in [1.165, 1.54) is 11.8 Å². The maximum absolute atomic E-state index is 13.2. The Morgan fingerprint density at radius 2 is 1.94 bits per heavy atom. The number of pyridine rings is 1. The molecule has 1 aromatic rings. The standard InChI is InChI=1S/C25H32N4O4S2/c1-5-8-11-29-23(31)20(35-25(29)34)14-18-16(4)19(15-26)22(30)28(6-2)21(18)27-12-9-17(10-13-27)24(32)33-7-3/h14,17H,5-13H2,1-4H3/b20-14-. The Morgan fingerprint density at radius 1 is 1.26 bits per heavy atom. The minimum absolute atomic E-state index is 0.0738. The number of carbonyl (C=O) groups excluding carboxylic acids is 2. The number of esters is 1. The maximum atomic E-state index is 13.2. The third kappa shape index (κ3) is 5.46. The first-order valence-electron chi connectivity index (χ1n) is 12.1. The van der Waals surface area contributed by atoms with Gasteiger partial charge in [-0.15, -0.1) is 0 Å². The highest BCUT2D eigenvalue weighted by Gasteiger charge is 2.34. The van der Waals surface area contributed by atoms with Gasteiger partial charge >= 0.3 is 5.97 Å². The fraction of sp³-hybridized carbons (Fsp3) is 0.560. The van der Waals surface area contributed by atoms with Gasteiger partial charge in [-0.05, 0) is 51.7 Å². The smallest absolute Gasteiger partial charge is 0.309 e. The third-order valence-corrected chi connectivity index (χ3v) is 7.84. The molecule has 8 nitrogen and oxygen atoms in total. The van der Waals surface area contributed by atoms with E-state index in [0.717, 1.165) is 12.8 Å². The maximum Gasteiger partial charge on any atom is 0.309 e. The molecule has 2 aliphatic heterocycles. The van der Waals surface area contributed by atoms with Gasteiger partial charge in [0.15, 0.2) is 0 Å². The van der Waals surface area contributed by atoms with Crippen molar-refractivity contribution in [3.05, 3.63) is 31.9 Å². The number of rotatable bonds is 8. The zero-order valence-corrected chi connectivity index (χ0v) is 22.4. The van der Waals surface area contributed by atoms with E-state index in [1.54, 1.807) is 29.4 Å². The van der Waals surface area contributed by atoms with Crippen LogP contribution in [0.25, 0.3) is 6.08 Å². The number of ether oxygens (including phenoxy) is 1. The predicted octanol–water partition coefficient (Wildman–Crippen LogP) is 3.83. The number of unbranched alkanes of at least 4 members (excludes halogenated alkanes) is 1. The van der Waals surface area contributed by atoms with Crippen LogP contribution in [0, 0.1) is 24.2 Å². The van der Waals surface area contributed by atoms with Crippen molar-refractivity contribution in [1.29, 1.82) is 5.26 Å². The molecule has 0 radical (unpaired) electrons. The summed E-state index contributed by atoms with van der Waals surface area (Å²) in [7, 11) is 0. The molecule has 2 saturated heterocycles. The molecule has 1 aromatic heterocycles. The van der Waals surface area contributed by atoms with Gasteiger partial charge in [0.25, 0.3) is 11.5 Å². The molecular weight excluding hydrogens is 484 g/mol. The topological polar surface area (TPSA) is 95.6 Å². The molecule has 10 heteroatoms. The second kappa shape index (κ2) is 11.9. The average molecular weight is 517 g/mol. The first kappa shape index (κ1) is 27.0. The molecule has 0 aliphatic carbocycles. The first-order valence-corrected chi connectivity index (χ1v) is 13.4. The zero-order valence-electron chi connectivity index (χ0n) is 20.8. The van der Waals surface area contributed by atoms with Crippen molar-refractivity contribution < 1.29 is 14.3 Å². The number of nitrogens with zero attached hydrogens (tertiary/aromatic N) is 4. The largest absolute Gasteiger partial charge is 0.466 e. The summed E-state index contributed by atoms with van der Waals surface area (Å²) in [6.45, 7) is 9.89. The number of anilines is 1. The lowest BCUT2D eigenvalue weighted by molar-refractivity contribution is -0.148. The number of aromatic nitrogens is 1. The molecule has 2 fully saturated rings. The van der Waals surface area contributed by atoms with E-state index in [9.17, 15) is 19.6 Å². The SMILES string of the molecule is CCCCN1C(=O)/C(=C/c2c(C)c(C#N)c(=O)n(CC)c2N2CCC(C(=O)OCC)CC2)SC1=S. The Labute approximate surface area is 215 Å². The normalized spacial score (nSPS) is 17.9. The van der Waals surface area contributed by atoms with Gasteiger partial charge in [-0.25, -0.2) is 0 Å². The second-order valence-electron chi connectivity index (χ2n) is 8.60.